The summed E-state index contributed by atoms with van der Waals surface area (Å²) in [6.07, 6.45) is 6.31. The first kappa shape index (κ1) is 25.1. The average molecular weight is 471 g/mol. The van der Waals surface area contributed by atoms with Gasteiger partial charge in [-0.25, -0.2) is 0 Å². The molecule has 0 amide bonds. The van der Waals surface area contributed by atoms with Crippen molar-refractivity contribution in [3.8, 4) is 0 Å². The first-order valence-corrected chi connectivity index (χ1v) is 12.5. The normalized spacial score (nSPS) is 37.2. The molecule has 4 rings (SSSR count). The monoisotopic (exact) mass is 470 g/mol. The summed E-state index contributed by atoms with van der Waals surface area (Å²) in [5, 5.41) is 10.5. The van der Waals surface area contributed by atoms with Crippen LogP contribution in [-0.4, -0.2) is 45.9 Å². The van der Waals surface area contributed by atoms with Crippen LogP contribution >= 0.6 is 0 Å². The first-order chi connectivity index (χ1) is 15.7. The highest BCUT2D eigenvalue weighted by Gasteiger charge is 2.61. The number of allylic oxidation sites excluding steroid dienone is 5. The Labute approximate surface area is 202 Å². The second kappa shape index (κ2) is 8.27. The Balaban J connectivity index is 1.64. The lowest BCUT2D eigenvalue weighted by Crippen LogP contribution is -2.62. The van der Waals surface area contributed by atoms with Gasteiger partial charge in [-0.1, -0.05) is 19.9 Å². The van der Waals surface area contributed by atoms with Crippen LogP contribution in [0, 0.1) is 17.3 Å². The molecule has 1 saturated heterocycles. The van der Waals surface area contributed by atoms with Gasteiger partial charge in [0.25, 0.3) is 0 Å². The van der Waals surface area contributed by atoms with Crippen molar-refractivity contribution in [1.29, 1.82) is 0 Å². The average Bonchev–Trinajstić information content (AvgIpc) is 2.77. The Bertz CT molecular complexity index is 1020. The molecule has 1 saturated carbocycles. The second-order valence-corrected chi connectivity index (χ2v) is 11.7. The van der Waals surface area contributed by atoms with Gasteiger partial charge in [-0.3, -0.25) is 14.4 Å². The standard InChI is InChI=1S/C28H38O6/c1-8-15(2)23(30)16(3)17-13-19(29)18-14-20-27(6)11-9-21(26(4,5)32)33-22(27)10-12-28(20,7)34-25(18)24(17)31/h8,13,16,20-22,32H,9-12,14H2,1-7H3/b15-8+/t16-,20+,21+,22+,27+,28+/m0/s1. The fourth-order valence-electron chi connectivity index (χ4n) is 6.56. The number of carbonyl (C=O) groups is 3. The summed E-state index contributed by atoms with van der Waals surface area (Å²) in [4.78, 5) is 39.4. The maximum absolute atomic E-state index is 13.5. The van der Waals surface area contributed by atoms with Crippen molar-refractivity contribution in [3.05, 3.63) is 34.6 Å². The predicted molar refractivity (Wildman–Crippen MR) is 128 cm³/mol. The molecule has 2 aliphatic heterocycles. The van der Waals surface area contributed by atoms with E-state index in [0.29, 0.717) is 24.0 Å². The minimum absolute atomic E-state index is 0.0104. The van der Waals surface area contributed by atoms with Crippen LogP contribution in [0.1, 0.15) is 80.6 Å². The number of fused-ring (bicyclic) bond motifs is 3. The molecular formula is C28H38O6. The van der Waals surface area contributed by atoms with E-state index in [4.69, 9.17) is 9.47 Å². The largest absolute Gasteiger partial charge is 0.483 e. The van der Waals surface area contributed by atoms with E-state index in [9.17, 15) is 19.5 Å². The van der Waals surface area contributed by atoms with Gasteiger partial charge in [-0.15, -0.1) is 0 Å². The molecule has 6 atom stereocenters. The molecule has 2 heterocycles. The highest BCUT2D eigenvalue weighted by molar-refractivity contribution is 6.24. The number of rotatable bonds is 4. The van der Waals surface area contributed by atoms with Crippen LogP contribution in [0.5, 0.6) is 0 Å². The summed E-state index contributed by atoms with van der Waals surface area (Å²) in [5.41, 5.74) is -0.533. The molecule has 0 unspecified atom stereocenters. The molecule has 4 aliphatic rings. The number of Topliss-reactive ketones (excluding diaryl/α,β-unsaturated/α-hetero) is 2. The van der Waals surface area contributed by atoms with E-state index in [1.807, 2.05) is 6.92 Å². The number of aliphatic hydroxyl groups is 1. The molecule has 0 bridgehead atoms. The van der Waals surface area contributed by atoms with Crippen molar-refractivity contribution < 1.29 is 29.0 Å². The molecule has 6 nitrogen and oxygen atoms in total. The van der Waals surface area contributed by atoms with Crippen LogP contribution < -0.4 is 0 Å². The third kappa shape index (κ3) is 3.83. The fraction of sp³-hybridized carbons (Fsp3) is 0.679. The SMILES string of the molecule is C/C=C(\C)C(=O)[C@@H](C)C1=CC(=O)C2=C(O[C@]3(C)CC[C@H]4O[C@@H](C(C)(C)O)CC[C@]4(C)[C@H]3C2)C1=O. The maximum Gasteiger partial charge on any atom is 0.224 e. The molecule has 0 spiro atoms. The molecule has 1 N–H and O–H groups in total. The second-order valence-electron chi connectivity index (χ2n) is 11.7. The molecule has 0 radical (unpaired) electrons. The Hall–Kier alpha value is -2.05. The first-order valence-electron chi connectivity index (χ1n) is 12.5. The van der Waals surface area contributed by atoms with Crippen molar-refractivity contribution in [2.45, 2.75) is 104 Å². The number of hydrogen-bond acceptors (Lipinski definition) is 6. The smallest absolute Gasteiger partial charge is 0.224 e. The lowest BCUT2D eigenvalue weighted by molar-refractivity contribution is -0.245. The van der Waals surface area contributed by atoms with E-state index in [1.54, 1.807) is 40.7 Å². The lowest BCUT2D eigenvalue weighted by atomic mass is 9.53. The van der Waals surface area contributed by atoms with Crippen molar-refractivity contribution in [3.63, 3.8) is 0 Å². The van der Waals surface area contributed by atoms with E-state index in [0.717, 1.165) is 19.3 Å². The van der Waals surface area contributed by atoms with E-state index < -0.39 is 17.1 Å². The van der Waals surface area contributed by atoms with Gasteiger partial charge in [0, 0.05) is 28.4 Å². The van der Waals surface area contributed by atoms with Gasteiger partial charge >= 0.3 is 0 Å². The molecule has 2 aliphatic carbocycles. The van der Waals surface area contributed by atoms with Crippen LogP contribution in [0.3, 0.4) is 0 Å². The van der Waals surface area contributed by atoms with Crippen molar-refractivity contribution in [1.82, 2.24) is 0 Å². The zero-order valence-electron chi connectivity index (χ0n) is 21.5. The highest BCUT2D eigenvalue weighted by Crippen LogP contribution is 2.59. The lowest BCUT2D eigenvalue weighted by Gasteiger charge is -2.60. The van der Waals surface area contributed by atoms with Gasteiger partial charge in [0.2, 0.25) is 5.78 Å². The van der Waals surface area contributed by atoms with E-state index in [-0.39, 0.29) is 52.2 Å². The minimum Gasteiger partial charge on any atom is -0.483 e. The van der Waals surface area contributed by atoms with Crippen LogP contribution in [0.25, 0.3) is 0 Å². The molecule has 0 aromatic rings. The fourth-order valence-corrected chi connectivity index (χ4v) is 6.56. The highest BCUT2D eigenvalue weighted by atomic mass is 16.5. The zero-order chi connectivity index (χ0) is 25.2. The predicted octanol–water partition coefficient (Wildman–Crippen LogP) is 4.40. The Morgan fingerprint density at radius 3 is 2.53 bits per heavy atom. The number of ketones is 3. The van der Waals surface area contributed by atoms with Crippen LogP contribution in [-0.2, 0) is 23.9 Å². The van der Waals surface area contributed by atoms with Gasteiger partial charge in [-0.2, -0.15) is 0 Å². The Morgan fingerprint density at radius 2 is 1.91 bits per heavy atom. The number of hydrogen-bond donors (Lipinski definition) is 1. The van der Waals surface area contributed by atoms with Crippen LogP contribution in [0.15, 0.2) is 34.6 Å². The summed E-state index contributed by atoms with van der Waals surface area (Å²) in [7, 11) is 0. The van der Waals surface area contributed by atoms with E-state index in [1.165, 1.54) is 6.08 Å². The molecule has 6 heteroatoms. The summed E-state index contributed by atoms with van der Waals surface area (Å²) < 4.78 is 12.9. The molecule has 186 valence electrons. The number of ether oxygens (including phenoxy) is 2. The summed E-state index contributed by atoms with van der Waals surface area (Å²) in [6, 6.07) is 0. The van der Waals surface area contributed by atoms with Gasteiger partial charge < -0.3 is 14.6 Å². The quantitative estimate of drug-likeness (QED) is 0.484. The maximum atomic E-state index is 13.5. The molecule has 34 heavy (non-hydrogen) atoms. The molecule has 0 aromatic heterocycles. The van der Waals surface area contributed by atoms with Crippen molar-refractivity contribution >= 4 is 17.3 Å². The van der Waals surface area contributed by atoms with Gasteiger partial charge in [0.1, 0.15) is 5.60 Å². The Kier molecular flexibility index (Phi) is 6.09. The number of carbonyl (C=O) groups excluding carboxylic acids is 3. The third-order valence-corrected chi connectivity index (χ3v) is 8.98. The Morgan fingerprint density at radius 1 is 1.24 bits per heavy atom. The topological polar surface area (TPSA) is 89.9 Å². The van der Waals surface area contributed by atoms with Gasteiger partial charge in [0.15, 0.2) is 17.3 Å². The zero-order valence-corrected chi connectivity index (χ0v) is 21.5. The van der Waals surface area contributed by atoms with Crippen LogP contribution in [0.4, 0.5) is 0 Å². The molecule has 0 aromatic carbocycles. The summed E-state index contributed by atoms with van der Waals surface area (Å²) in [5.74, 6) is -1.29. The summed E-state index contributed by atoms with van der Waals surface area (Å²) in [6.45, 7) is 13.0. The van der Waals surface area contributed by atoms with Crippen LogP contribution in [0.2, 0.25) is 0 Å². The van der Waals surface area contributed by atoms with Gasteiger partial charge in [-0.05, 0) is 78.4 Å². The van der Waals surface area contributed by atoms with Crippen molar-refractivity contribution in [2.24, 2.45) is 17.3 Å². The van der Waals surface area contributed by atoms with Gasteiger partial charge in [0.05, 0.1) is 17.8 Å². The molecular weight excluding hydrogens is 432 g/mol. The van der Waals surface area contributed by atoms with Crippen molar-refractivity contribution in [2.75, 3.05) is 0 Å². The third-order valence-electron chi connectivity index (χ3n) is 8.98. The van der Waals surface area contributed by atoms with E-state index in [2.05, 4.69) is 6.92 Å². The molecule has 2 fully saturated rings. The minimum atomic E-state index is -0.909. The summed E-state index contributed by atoms with van der Waals surface area (Å²) >= 11 is 0. The van der Waals surface area contributed by atoms with E-state index >= 15 is 0 Å².